The van der Waals surface area contributed by atoms with Crippen molar-refractivity contribution in [3.05, 3.63) is 95.1 Å². The molecule has 7 nitrogen and oxygen atoms in total. The maximum atomic E-state index is 13.2. The first-order valence-corrected chi connectivity index (χ1v) is 10.3. The summed E-state index contributed by atoms with van der Waals surface area (Å²) in [6, 6.07) is 20.8. The summed E-state index contributed by atoms with van der Waals surface area (Å²) in [6.45, 7) is 2.14. The van der Waals surface area contributed by atoms with Crippen molar-refractivity contribution in [2.24, 2.45) is 0 Å². The van der Waals surface area contributed by atoms with Crippen molar-refractivity contribution < 1.29 is 23.9 Å². The number of imide groups is 2. The Morgan fingerprint density at radius 2 is 1.73 bits per heavy atom. The first-order chi connectivity index (χ1) is 16.0. The molecule has 166 valence electrons. The van der Waals surface area contributed by atoms with E-state index in [1.54, 1.807) is 36.4 Å². The van der Waals surface area contributed by atoms with Crippen molar-refractivity contribution in [3.63, 3.8) is 0 Å². The van der Waals surface area contributed by atoms with Gasteiger partial charge in [-0.3, -0.25) is 14.9 Å². The smallest absolute Gasteiger partial charge is 0.335 e. The summed E-state index contributed by atoms with van der Waals surface area (Å²) < 4.78 is 11.3. The molecule has 33 heavy (non-hydrogen) atoms. The molecule has 0 unspecified atom stereocenters. The maximum absolute atomic E-state index is 13.2. The zero-order valence-electron chi connectivity index (χ0n) is 18.2. The number of nitrogens with zero attached hydrogens (tertiary/aromatic N) is 1. The third kappa shape index (κ3) is 4.77. The number of hydrogen-bond acceptors (Lipinski definition) is 5. The number of carbonyl (C=O) groups is 3. The van der Waals surface area contributed by atoms with E-state index in [2.05, 4.69) is 5.32 Å². The van der Waals surface area contributed by atoms with Crippen LogP contribution in [-0.4, -0.2) is 25.0 Å². The van der Waals surface area contributed by atoms with E-state index < -0.39 is 17.8 Å². The van der Waals surface area contributed by atoms with Gasteiger partial charge >= 0.3 is 6.03 Å². The predicted octanol–water partition coefficient (Wildman–Crippen LogP) is 4.25. The third-order valence-electron chi connectivity index (χ3n) is 5.12. The van der Waals surface area contributed by atoms with E-state index in [1.807, 2.05) is 43.3 Å². The summed E-state index contributed by atoms with van der Waals surface area (Å²) in [5.41, 5.74) is 2.55. The summed E-state index contributed by atoms with van der Waals surface area (Å²) in [6.07, 6.45) is 1.42. The number of aryl methyl sites for hydroxylation is 1. The molecule has 3 aromatic rings. The Balaban J connectivity index is 1.69. The Hall–Kier alpha value is -4.39. The molecule has 0 radical (unpaired) electrons. The quantitative estimate of drug-likeness (QED) is 0.456. The van der Waals surface area contributed by atoms with Crippen LogP contribution < -0.4 is 19.7 Å². The van der Waals surface area contributed by atoms with Gasteiger partial charge in [0, 0.05) is 11.6 Å². The molecular formula is C26H22N2O5. The van der Waals surface area contributed by atoms with Crippen molar-refractivity contribution >= 4 is 29.6 Å². The largest absolute Gasteiger partial charge is 0.497 e. The highest BCUT2D eigenvalue weighted by molar-refractivity contribution is 6.39. The Morgan fingerprint density at radius 1 is 0.939 bits per heavy atom. The second kappa shape index (κ2) is 9.40. The molecule has 0 aromatic heterocycles. The molecule has 1 aliphatic heterocycles. The molecule has 3 aromatic carbocycles. The molecule has 0 atom stereocenters. The molecular weight excluding hydrogens is 420 g/mol. The number of hydrogen-bond donors (Lipinski definition) is 1. The SMILES string of the molecule is COc1ccc(/C=C2\C(=O)NC(=O)N(c3cccc(C)c3)C2=O)c(OCc2ccccc2)c1. The van der Waals surface area contributed by atoms with E-state index in [0.29, 0.717) is 22.7 Å². The van der Waals surface area contributed by atoms with E-state index in [4.69, 9.17) is 9.47 Å². The Morgan fingerprint density at radius 3 is 2.45 bits per heavy atom. The third-order valence-corrected chi connectivity index (χ3v) is 5.12. The zero-order valence-corrected chi connectivity index (χ0v) is 18.2. The van der Waals surface area contributed by atoms with E-state index in [0.717, 1.165) is 16.0 Å². The van der Waals surface area contributed by atoms with Crippen LogP contribution in [-0.2, 0) is 16.2 Å². The van der Waals surface area contributed by atoms with Crippen LogP contribution in [0, 0.1) is 6.92 Å². The number of rotatable bonds is 6. The van der Waals surface area contributed by atoms with Crippen LogP contribution in [0.5, 0.6) is 11.5 Å². The second-order valence-electron chi connectivity index (χ2n) is 7.47. The molecule has 0 aliphatic carbocycles. The van der Waals surface area contributed by atoms with Gasteiger partial charge in [-0.25, -0.2) is 9.69 Å². The lowest BCUT2D eigenvalue weighted by Gasteiger charge is -2.26. The van der Waals surface area contributed by atoms with E-state index in [-0.39, 0.29) is 12.2 Å². The molecule has 4 amide bonds. The van der Waals surface area contributed by atoms with Crippen molar-refractivity contribution in [3.8, 4) is 11.5 Å². The van der Waals surface area contributed by atoms with Gasteiger partial charge in [-0.2, -0.15) is 0 Å². The lowest BCUT2D eigenvalue weighted by atomic mass is 10.1. The van der Waals surface area contributed by atoms with Crippen LogP contribution in [0.4, 0.5) is 10.5 Å². The normalized spacial score (nSPS) is 14.9. The number of benzene rings is 3. The molecule has 1 fully saturated rings. The van der Waals surface area contributed by atoms with Crippen molar-refractivity contribution in [1.29, 1.82) is 0 Å². The number of urea groups is 1. The topological polar surface area (TPSA) is 84.9 Å². The molecule has 7 heteroatoms. The first kappa shape index (κ1) is 21.8. The predicted molar refractivity (Wildman–Crippen MR) is 124 cm³/mol. The minimum absolute atomic E-state index is 0.175. The van der Waals surface area contributed by atoms with Gasteiger partial charge in [-0.15, -0.1) is 0 Å². The first-order valence-electron chi connectivity index (χ1n) is 10.3. The van der Waals surface area contributed by atoms with Gasteiger partial charge in [0.15, 0.2) is 0 Å². The highest BCUT2D eigenvalue weighted by atomic mass is 16.5. The zero-order chi connectivity index (χ0) is 23.4. The summed E-state index contributed by atoms with van der Waals surface area (Å²) in [5, 5.41) is 2.24. The monoisotopic (exact) mass is 442 g/mol. The summed E-state index contributed by atoms with van der Waals surface area (Å²) in [4.78, 5) is 39.1. The van der Waals surface area contributed by atoms with Crippen molar-refractivity contribution in [2.45, 2.75) is 13.5 Å². The highest BCUT2D eigenvalue weighted by Gasteiger charge is 2.37. The van der Waals surface area contributed by atoms with Gasteiger partial charge in [-0.1, -0.05) is 42.5 Å². The van der Waals surface area contributed by atoms with E-state index in [1.165, 1.54) is 13.2 Å². The van der Waals surface area contributed by atoms with Crippen LogP contribution in [0.15, 0.2) is 78.4 Å². The number of nitrogens with one attached hydrogen (secondary N) is 1. The molecule has 1 N–H and O–H groups in total. The second-order valence-corrected chi connectivity index (χ2v) is 7.47. The summed E-state index contributed by atoms with van der Waals surface area (Å²) >= 11 is 0. The number of anilines is 1. The van der Waals surface area contributed by atoms with Crippen LogP contribution in [0.1, 0.15) is 16.7 Å². The molecule has 1 aliphatic rings. The molecule has 4 rings (SSSR count). The van der Waals surface area contributed by atoms with Crippen LogP contribution in [0.3, 0.4) is 0 Å². The maximum Gasteiger partial charge on any atom is 0.335 e. The molecule has 0 spiro atoms. The van der Waals surface area contributed by atoms with Crippen LogP contribution in [0.2, 0.25) is 0 Å². The van der Waals surface area contributed by atoms with Gasteiger partial charge in [0.2, 0.25) is 0 Å². The minimum Gasteiger partial charge on any atom is -0.497 e. The van der Waals surface area contributed by atoms with Crippen LogP contribution in [0.25, 0.3) is 6.08 Å². The number of ether oxygens (including phenoxy) is 2. The van der Waals surface area contributed by atoms with E-state index in [9.17, 15) is 14.4 Å². The molecule has 1 heterocycles. The number of amides is 4. The van der Waals surface area contributed by atoms with Gasteiger partial charge in [0.25, 0.3) is 11.8 Å². The van der Waals surface area contributed by atoms with Crippen molar-refractivity contribution in [1.82, 2.24) is 5.32 Å². The summed E-state index contributed by atoms with van der Waals surface area (Å²) in [7, 11) is 1.54. The molecule has 1 saturated heterocycles. The fourth-order valence-corrected chi connectivity index (χ4v) is 3.44. The van der Waals surface area contributed by atoms with Gasteiger partial charge in [0.05, 0.1) is 12.8 Å². The molecule has 0 bridgehead atoms. The Kier molecular flexibility index (Phi) is 6.22. The fourth-order valence-electron chi connectivity index (χ4n) is 3.44. The lowest BCUT2D eigenvalue weighted by Crippen LogP contribution is -2.54. The Bertz CT molecular complexity index is 1250. The average Bonchev–Trinajstić information content (AvgIpc) is 2.81. The van der Waals surface area contributed by atoms with Gasteiger partial charge < -0.3 is 9.47 Å². The molecule has 0 saturated carbocycles. The van der Waals surface area contributed by atoms with Gasteiger partial charge in [-0.05, 0) is 48.4 Å². The van der Waals surface area contributed by atoms with Crippen LogP contribution >= 0.6 is 0 Å². The van der Waals surface area contributed by atoms with Crippen molar-refractivity contribution in [2.75, 3.05) is 12.0 Å². The standard InChI is InChI=1S/C26H22N2O5/c1-17-7-6-10-20(13-17)28-25(30)22(24(29)27-26(28)31)14-19-11-12-21(32-2)15-23(19)33-16-18-8-4-3-5-9-18/h3-15H,16H2,1-2H3,(H,27,29,31)/b22-14+. The minimum atomic E-state index is -0.789. The number of methoxy groups -OCH3 is 1. The highest BCUT2D eigenvalue weighted by Crippen LogP contribution is 2.29. The Labute approximate surface area is 191 Å². The van der Waals surface area contributed by atoms with E-state index >= 15 is 0 Å². The lowest BCUT2D eigenvalue weighted by molar-refractivity contribution is -0.122. The summed E-state index contributed by atoms with van der Waals surface area (Å²) in [5.74, 6) is -0.473. The fraction of sp³-hybridized carbons (Fsp3) is 0.115. The average molecular weight is 442 g/mol. The van der Waals surface area contributed by atoms with Gasteiger partial charge in [0.1, 0.15) is 23.7 Å². The number of carbonyl (C=O) groups excluding carboxylic acids is 3. The number of barbiturate groups is 1.